The van der Waals surface area contributed by atoms with Crippen molar-refractivity contribution in [1.29, 1.82) is 0 Å². The van der Waals surface area contributed by atoms with Crippen LogP contribution in [0.1, 0.15) is 12.5 Å². The van der Waals surface area contributed by atoms with Crippen molar-refractivity contribution in [2.75, 3.05) is 0 Å². The summed E-state index contributed by atoms with van der Waals surface area (Å²) >= 11 is 13.6. The molecule has 0 aliphatic heterocycles. The van der Waals surface area contributed by atoms with Crippen LogP contribution in [-0.4, -0.2) is 15.4 Å². The fourth-order valence-corrected chi connectivity index (χ4v) is 3.82. The van der Waals surface area contributed by atoms with Crippen molar-refractivity contribution in [3.8, 4) is 11.3 Å². The van der Waals surface area contributed by atoms with Crippen molar-refractivity contribution in [2.45, 2.75) is 6.92 Å². The van der Waals surface area contributed by atoms with Gasteiger partial charge in [0.15, 0.2) is 0 Å². The van der Waals surface area contributed by atoms with Crippen LogP contribution >= 0.6 is 34.5 Å². The average Bonchev–Trinajstić information content (AvgIpc) is 3.13. The molecule has 0 unspecified atom stereocenters. The Hall–Kier alpha value is -2.73. The Morgan fingerprint density at radius 3 is 2.17 bits per heavy atom. The lowest BCUT2D eigenvalue weighted by Crippen LogP contribution is -2.13. The summed E-state index contributed by atoms with van der Waals surface area (Å²) in [4.78, 5) is 9.60. The predicted molar refractivity (Wildman–Crippen MR) is 121 cm³/mol. The molecule has 0 radical (unpaired) electrons. The molecule has 2 aromatic carbocycles. The summed E-state index contributed by atoms with van der Waals surface area (Å²) in [6.45, 7) is 1.97. The highest BCUT2D eigenvalue weighted by Crippen LogP contribution is 2.23. The number of thiazole rings is 1. The van der Waals surface area contributed by atoms with Gasteiger partial charge in [0.1, 0.15) is 0 Å². The minimum Gasteiger partial charge on any atom is -0.265 e. The van der Waals surface area contributed by atoms with Gasteiger partial charge in [0.05, 0.1) is 17.1 Å². The van der Waals surface area contributed by atoms with Crippen molar-refractivity contribution >= 4 is 45.9 Å². The first kappa shape index (κ1) is 19.6. The smallest absolute Gasteiger partial charge is 0.211 e. The van der Waals surface area contributed by atoms with Crippen LogP contribution in [0.5, 0.6) is 0 Å². The van der Waals surface area contributed by atoms with Gasteiger partial charge in [0.2, 0.25) is 4.80 Å². The fraction of sp³-hybridized carbons (Fsp3) is 0.0455. The van der Waals surface area contributed by atoms with E-state index in [9.17, 15) is 0 Å². The van der Waals surface area contributed by atoms with Crippen LogP contribution in [0.4, 0.5) is 5.69 Å². The molecule has 0 aliphatic carbocycles. The molecule has 4 nitrogen and oxygen atoms in total. The Morgan fingerprint density at radius 2 is 1.52 bits per heavy atom. The molecule has 7 heteroatoms. The van der Waals surface area contributed by atoms with Crippen LogP contribution in [0.25, 0.3) is 11.3 Å². The normalized spacial score (nSPS) is 12.4. The van der Waals surface area contributed by atoms with E-state index in [-0.39, 0.29) is 0 Å². The summed E-state index contributed by atoms with van der Waals surface area (Å²) in [6, 6.07) is 19.0. The molecule has 0 aliphatic rings. The van der Waals surface area contributed by atoms with Crippen LogP contribution < -0.4 is 4.80 Å². The summed E-state index contributed by atoms with van der Waals surface area (Å²) in [7, 11) is 0. The van der Waals surface area contributed by atoms with Gasteiger partial charge in [-0.3, -0.25) is 4.98 Å². The lowest BCUT2D eigenvalue weighted by Gasteiger charge is -2.06. The first-order valence-electron chi connectivity index (χ1n) is 8.83. The maximum Gasteiger partial charge on any atom is 0.211 e. The third kappa shape index (κ3) is 4.65. The minimum atomic E-state index is 0.677. The van der Waals surface area contributed by atoms with Gasteiger partial charge >= 0.3 is 0 Å². The number of halogens is 2. The van der Waals surface area contributed by atoms with E-state index in [0.29, 0.717) is 10.0 Å². The third-order valence-electron chi connectivity index (χ3n) is 4.22. The Bertz CT molecular complexity index is 1210. The number of aromatic nitrogens is 2. The van der Waals surface area contributed by atoms with Gasteiger partial charge in [-0.05, 0) is 55.5 Å². The number of benzene rings is 2. The number of hydrogen-bond acceptors (Lipinski definition) is 4. The average molecular weight is 439 g/mol. The van der Waals surface area contributed by atoms with Crippen LogP contribution in [-0.2, 0) is 0 Å². The van der Waals surface area contributed by atoms with E-state index in [4.69, 9.17) is 33.3 Å². The zero-order chi connectivity index (χ0) is 20.2. The van der Waals surface area contributed by atoms with Crippen molar-refractivity contribution in [3.05, 3.63) is 98.8 Å². The quantitative estimate of drug-likeness (QED) is 0.338. The summed E-state index contributed by atoms with van der Waals surface area (Å²) in [6.07, 6.45) is 3.51. The van der Waals surface area contributed by atoms with E-state index in [2.05, 4.69) is 4.98 Å². The second-order valence-corrected chi connectivity index (χ2v) is 7.94. The molecule has 4 aromatic rings. The van der Waals surface area contributed by atoms with Gasteiger partial charge < -0.3 is 0 Å². The van der Waals surface area contributed by atoms with Crippen molar-refractivity contribution in [2.24, 2.45) is 10.1 Å². The van der Waals surface area contributed by atoms with Crippen LogP contribution in [0, 0.1) is 0 Å². The molecule has 4 rings (SSSR count). The molecular weight excluding hydrogens is 423 g/mol. The predicted octanol–water partition coefficient (Wildman–Crippen LogP) is 6.42. The molecule has 0 fully saturated rings. The Labute approximate surface area is 182 Å². The van der Waals surface area contributed by atoms with Crippen LogP contribution in [0.2, 0.25) is 10.0 Å². The van der Waals surface area contributed by atoms with Crippen LogP contribution in [0.3, 0.4) is 0 Å². The largest absolute Gasteiger partial charge is 0.265 e. The molecule has 0 saturated carbocycles. The molecule has 0 amide bonds. The standard InChI is InChI=1S/C22H16Cl2N4S/c1-15(16-10-12-25-13-11-16)27-28-21(17-2-4-18(23)5-3-17)14-29-22(28)26-20-8-6-19(24)7-9-20/h2-14H,1H3/b26-22?,27-15+. The highest BCUT2D eigenvalue weighted by Gasteiger charge is 2.09. The summed E-state index contributed by atoms with van der Waals surface area (Å²) in [5.74, 6) is 0. The van der Waals surface area contributed by atoms with Gasteiger partial charge in [-0.25, -0.2) is 9.67 Å². The maximum absolute atomic E-state index is 6.06. The van der Waals surface area contributed by atoms with E-state index in [1.54, 1.807) is 12.4 Å². The summed E-state index contributed by atoms with van der Waals surface area (Å²) in [5.41, 5.74) is 4.61. The molecular formula is C22H16Cl2N4S. The molecule has 0 saturated heterocycles. The zero-order valence-corrected chi connectivity index (χ0v) is 17.8. The highest BCUT2D eigenvalue weighted by molar-refractivity contribution is 7.07. The van der Waals surface area contributed by atoms with Crippen molar-refractivity contribution in [1.82, 2.24) is 9.66 Å². The monoisotopic (exact) mass is 438 g/mol. The molecule has 144 valence electrons. The second-order valence-electron chi connectivity index (χ2n) is 6.23. The lowest BCUT2D eigenvalue weighted by molar-refractivity contribution is 0.848. The van der Waals surface area contributed by atoms with Gasteiger partial charge in [0, 0.05) is 38.9 Å². The second kappa shape index (κ2) is 8.74. The van der Waals surface area contributed by atoms with E-state index in [1.165, 1.54) is 11.3 Å². The van der Waals surface area contributed by atoms with Gasteiger partial charge in [0.25, 0.3) is 0 Å². The van der Waals surface area contributed by atoms with E-state index < -0.39 is 0 Å². The Morgan fingerprint density at radius 1 is 0.897 bits per heavy atom. The van der Waals surface area contributed by atoms with E-state index in [1.807, 2.05) is 77.6 Å². The van der Waals surface area contributed by atoms with Crippen LogP contribution in [0.15, 0.2) is 88.5 Å². The molecule has 0 spiro atoms. The molecule has 29 heavy (non-hydrogen) atoms. The summed E-state index contributed by atoms with van der Waals surface area (Å²) < 4.78 is 1.86. The van der Waals surface area contributed by atoms with E-state index in [0.717, 1.165) is 33.0 Å². The first-order valence-corrected chi connectivity index (χ1v) is 10.5. The number of pyridine rings is 1. The lowest BCUT2D eigenvalue weighted by atomic mass is 10.2. The minimum absolute atomic E-state index is 0.677. The molecule has 0 N–H and O–H groups in total. The Kier molecular flexibility index (Phi) is 5.90. The fourth-order valence-electron chi connectivity index (χ4n) is 2.72. The molecule has 2 aromatic heterocycles. The highest BCUT2D eigenvalue weighted by atomic mass is 35.5. The summed E-state index contributed by atoms with van der Waals surface area (Å²) in [5, 5.41) is 8.28. The molecule has 0 atom stereocenters. The SMILES string of the molecule is C/C(=N\n1c(-c2ccc(Cl)cc2)csc1=Nc1ccc(Cl)cc1)c1ccncc1. The number of nitrogens with zero attached hydrogens (tertiary/aromatic N) is 4. The first-order chi connectivity index (χ1) is 14.1. The van der Waals surface area contributed by atoms with Gasteiger partial charge in [-0.1, -0.05) is 35.3 Å². The van der Waals surface area contributed by atoms with Crippen molar-refractivity contribution < 1.29 is 0 Å². The van der Waals surface area contributed by atoms with E-state index >= 15 is 0 Å². The topological polar surface area (TPSA) is 42.5 Å². The van der Waals surface area contributed by atoms with Gasteiger partial charge in [-0.2, -0.15) is 5.10 Å². The zero-order valence-electron chi connectivity index (χ0n) is 15.5. The van der Waals surface area contributed by atoms with Gasteiger partial charge in [-0.15, -0.1) is 11.3 Å². The maximum atomic E-state index is 6.06. The third-order valence-corrected chi connectivity index (χ3v) is 5.54. The number of hydrogen-bond donors (Lipinski definition) is 0. The number of rotatable bonds is 4. The van der Waals surface area contributed by atoms with Crippen molar-refractivity contribution in [3.63, 3.8) is 0 Å². The molecule has 0 bridgehead atoms. The molecule has 2 heterocycles. The Balaban J connectivity index is 1.88.